The first-order chi connectivity index (χ1) is 9.15. The van der Waals surface area contributed by atoms with Gasteiger partial charge in [-0.25, -0.2) is 4.79 Å². The van der Waals surface area contributed by atoms with Crippen LogP contribution >= 0.6 is 12.4 Å². The Hall–Kier alpha value is -2.13. The van der Waals surface area contributed by atoms with Gasteiger partial charge in [-0.05, 0) is 42.2 Å². The SMILES string of the molecule is CC(=Cc1ccc(Cc2cccnc2)cc1)C(=O)O.Cl. The summed E-state index contributed by atoms with van der Waals surface area (Å²) in [5, 5.41) is 8.82. The molecule has 2 aromatic rings. The molecule has 0 aliphatic rings. The molecular weight excluding hydrogens is 274 g/mol. The van der Waals surface area contributed by atoms with Crippen molar-refractivity contribution in [1.82, 2.24) is 4.98 Å². The molecule has 0 atom stereocenters. The van der Waals surface area contributed by atoms with Crippen molar-refractivity contribution in [1.29, 1.82) is 0 Å². The monoisotopic (exact) mass is 289 g/mol. The van der Waals surface area contributed by atoms with Crippen molar-refractivity contribution >= 4 is 24.5 Å². The van der Waals surface area contributed by atoms with Crippen LogP contribution < -0.4 is 0 Å². The molecule has 20 heavy (non-hydrogen) atoms. The number of nitrogens with zero attached hydrogens (tertiary/aromatic N) is 1. The third kappa shape index (κ3) is 4.52. The second-order valence-corrected chi connectivity index (χ2v) is 4.41. The second kappa shape index (κ2) is 7.46. The summed E-state index contributed by atoms with van der Waals surface area (Å²) in [4.78, 5) is 14.8. The molecule has 0 amide bonds. The lowest BCUT2D eigenvalue weighted by atomic mass is 10.0. The Labute approximate surface area is 124 Å². The average Bonchev–Trinajstić information content (AvgIpc) is 2.42. The molecule has 1 aromatic carbocycles. The van der Waals surface area contributed by atoms with Crippen LogP contribution in [0, 0.1) is 0 Å². The number of pyridine rings is 1. The van der Waals surface area contributed by atoms with Gasteiger partial charge in [0.15, 0.2) is 0 Å². The molecule has 1 heterocycles. The molecule has 0 bridgehead atoms. The Bertz CT molecular complexity index is 592. The van der Waals surface area contributed by atoms with Gasteiger partial charge in [0.1, 0.15) is 0 Å². The van der Waals surface area contributed by atoms with Gasteiger partial charge < -0.3 is 5.11 Å². The third-order valence-corrected chi connectivity index (χ3v) is 2.83. The summed E-state index contributed by atoms with van der Waals surface area (Å²) in [5.74, 6) is -0.889. The van der Waals surface area contributed by atoms with E-state index < -0.39 is 5.97 Å². The van der Waals surface area contributed by atoms with Crippen LogP contribution in [-0.2, 0) is 11.2 Å². The van der Waals surface area contributed by atoms with Crippen LogP contribution in [0.25, 0.3) is 6.08 Å². The lowest BCUT2D eigenvalue weighted by molar-refractivity contribution is -0.132. The van der Waals surface area contributed by atoms with Gasteiger partial charge in [0, 0.05) is 18.0 Å². The predicted octanol–water partition coefficient (Wildman–Crippen LogP) is 3.58. The van der Waals surface area contributed by atoms with E-state index >= 15 is 0 Å². The summed E-state index contributed by atoms with van der Waals surface area (Å²) < 4.78 is 0. The van der Waals surface area contributed by atoms with Crippen molar-refractivity contribution in [3.8, 4) is 0 Å². The zero-order valence-corrected chi connectivity index (χ0v) is 11.9. The Morgan fingerprint density at radius 3 is 2.45 bits per heavy atom. The molecule has 0 saturated carbocycles. The van der Waals surface area contributed by atoms with Crippen LogP contribution in [0.2, 0.25) is 0 Å². The molecule has 0 aliphatic heterocycles. The van der Waals surface area contributed by atoms with Gasteiger partial charge in [-0.15, -0.1) is 12.4 Å². The number of rotatable bonds is 4. The number of aliphatic carboxylic acids is 1. The van der Waals surface area contributed by atoms with E-state index in [0.29, 0.717) is 5.57 Å². The number of benzene rings is 1. The number of carbonyl (C=O) groups is 1. The highest BCUT2D eigenvalue weighted by molar-refractivity contribution is 5.91. The first-order valence-electron chi connectivity index (χ1n) is 6.04. The maximum atomic E-state index is 10.7. The van der Waals surface area contributed by atoms with Crippen molar-refractivity contribution in [2.24, 2.45) is 0 Å². The van der Waals surface area contributed by atoms with Crippen molar-refractivity contribution in [2.45, 2.75) is 13.3 Å². The first-order valence-corrected chi connectivity index (χ1v) is 6.04. The van der Waals surface area contributed by atoms with Crippen LogP contribution in [0.4, 0.5) is 0 Å². The molecule has 1 aromatic heterocycles. The van der Waals surface area contributed by atoms with Gasteiger partial charge in [-0.1, -0.05) is 30.3 Å². The summed E-state index contributed by atoms with van der Waals surface area (Å²) in [7, 11) is 0. The average molecular weight is 290 g/mol. The fraction of sp³-hybridized carbons (Fsp3) is 0.125. The molecule has 2 rings (SSSR count). The molecule has 0 radical (unpaired) electrons. The van der Waals surface area contributed by atoms with Gasteiger partial charge in [0.2, 0.25) is 0 Å². The van der Waals surface area contributed by atoms with Crippen molar-refractivity contribution in [3.63, 3.8) is 0 Å². The number of halogens is 1. The molecule has 1 N–H and O–H groups in total. The molecular formula is C16H16ClNO2. The second-order valence-electron chi connectivity index (χ2n) is 4.41. The van der Waals surface area contributed by atoms with E-state index in [-0.39, 0.29) is 12.4 Å². The predicted molar refractivity (Wildman–Crippen MR) is 82.0 cm³/mol. The molecule has 0 unspecified atom stereocenters. The third-order valence-electron chi connectivity index (χ3n) is 2.83. The van der Waals surface area contributed by atoms with E-state index in [4.69, 9.17) is 5.11 Å². The highest BCUT2D eigenvalue weighted by Gasteiger charge is 2.00. The van der Waals surface area contributed by atoms with Gasteiger partial charge in [-0.2, -0.15) is 0 Å². The van der Waals surface area contributed by atoms with Crippen LogP contribution in [-0.4, -0.2) is 16.1 Å². The number of aromatic nitrogens is 1. The minimum atomic E-state index is -0.889. The number of hydrogen-bond donors (Lipinski definition) is 1. The van der Waals surface area contributed by atoms with E-state index in [0.717, 1.165) is 17.5 Å². The molecule has 3 nitrogen and oxygen atoms in total. The van der Waals surface area contributed by atoms with Crippen LogP contribution in [0.3, 0.4) is 0 Å². The smallest absolute Gasteiger partial charge is 0.331 e. The zero-order valence-electron chi connectivity index (χ0n) is 11.1. The Kier molecular flexibility index (Phi) is 5.94. The quantitative estimate of drug-likeness (QED) is 0.875. The molecule has 0 aliphatic carbocycles. The molecule has 0 saturated heterocycles. The van der Waals surface area contributed by atoms with Crippen molar-refractivity contribution in [2.75, 3.05) is 0 Å². The molecule has 0 fully saturated rings. The van der Waals surface area contributed by atoms with Gasteiger partial charge in [0.05, 0.1) is 0 Å². The fourth-order valence-electron chi connectivity index (χ4n) is 1.78. The van der Waals surface area contributed by atoms with Gasteiger partial charge in [0.25, 0.3) is 0 Å². The first kappa shape index (κ1) is 15.9. The lowest BCUT2D eigenvalue weighted by Gasteiger charge is -2.02. The molecule has 104 valence electrons. The van der Waals surface area contributed by atoms with E-state index in [1.54, 1.807) is 19.2 Å². The lowest BCUT2D eigenvalue weighted by Crippen LogP contribution is -1.95. The maximum Gasteiger partial charge on any atom is 0.331 e. The number of carboxylic acid groups (broad SMARTS) is 1. The minimum absolute atomic E-state index is 0. The highest BCUT2D eigenvalue weighted by Crippen LogP contribution is 2.12. The van der Waals surface area contributed by atoms with Crippen LogP contribution in [0.5, 0.6) is 0 Å². The van der Waals surface area contributed by atoms with E-state index in [9.17, 15) is 4.79 Å². The normalized spacial score (nSPS) is 10.8. The number of hydrogen-bond acceptors (Lipinski definition) is 2. The standard InChI is InChI=1S/C16H15NO2.ClH/c1-12(16(18)19)9-13-4-6-14(7-5-13)10-15-3-2-8-17-11-15;/h2-9,11H,10H2,1H3,(H,18,19);1H. The minimum Gasteiger partial charge on any atom is -0.478 e. The molecule has 4 heteroatoms. The summed E-state index contributed by atoms with van der Waals surface area (Å²) in [6.07, 6.45) is 6.10. The molecule has 0 spiro atoms. The Morgan fingerprint density at radius 2 is 1.90 bits per heavy atom. The zero-order chi connectivity index (χ0) is 13.7. The van der Waals surface area contributed by atoms with E-state index in [2.05, 4.69) is 4.98 Å². The van der Waals surface area contributed by atoms with Crippen LogP contribution in [0.15, 0.2) is 54.4 Å². The topological polar surface area (TPSA) is 50.2 Å². The summed E-state index contributed by atoms with van der Waals surface area (Å²) in [6, 6.07) is 11.8. The fourth-order valence-corrected chi connectivity index (χ4v) is 1.78. The Morgan fingerprint density at radius 1 is 1.20 bits per heavy atom. The number of carboxylic acids is 1. The van der Waals surface area contributed by atoms with Crippen molar-refractivity contribution < 1.29 is 9.90 Å². The van der Waals surface area contributed by atoms with Crippen LogP contribution in [0.1, 0.15) is 23.6 Å². The summed E-state index contributed by atoms with van der Waals surface area (Å²) in [6.45, 7) is 1.59. The van der Waals surface area contributed by atoms with Gasteiger partial charge >= 0.3 is 5.97 Å². The largest absolute Gasteiger partial charge is 0.478 e. The highest BCUT2D eigenvalue weighted by atomic mass is 35.5. The summed E-state index contributed by atoms with van der Waals surface area (Å²) in [5.41, 5.74) is 3.57. The summed E-state index contributed by atoms with van der Waals surface area (Å²) >= 11 is 0. The van der Waals surface area contributed by atoms with Crippen molar-refractivity contribution in [3.05, 3.63) is 71.1 Å². The maximum absolute atomic E-state index is 10.7. The van der Waals surface area contributed by atoms with E-state index in [1.807, 2.05) is 42.6 Å². The Balaban J connectivity index is 0.00000200. The van der Waals surface area contributed by atoms with Gasteiger partial charge in [-0.3, -0.25) is 4.98 Å². The van der Waals surface area contributed by atoms with E-state index in [1.165, 1.54) is 5.56 Å².